The minimum absolute atomic E-state index is 0.735. The van der Waals surface area contributed by atoms with Gasteiger partial charge in [-0.25, -0.2) is 0 Å². The molecule has 0 unspecified atom stereocenters. The van der Waals surface area contributed by atoms with Crippen LogP contribution < -0.4 is 0 Å². The van der Waals surface area contributed by atoms with Crippen molar-refractivity contribution < 1.29 is 13.0 Å². The highest BCUT2D eigenvalue weighted by Crippen LogP contribution is 2.14. The number of hydrogen-bond donors (Lipinski definition) is 1. The molecule has 0 bridgehead atoms. The summed E-state index contributed by atoms with van der Waals surface area (Å²) < 4.78 is 29.6. The van der Waals surface area contributed by atoms with Crippen LogP contribution >= 0.6 is 0 Å². The molecule has 27 heavy (non-hydrogen) atoms. The smallest absolute Gasteiger partial charge is 0.282 e. The van der Waals surface area contributed by atoms with Crippen molar-refractivity contribution in [2.24, 2.45) is 0 Å². The van der Waals surface area contributed by atoms with E-state index in [9.17, 15) is 8.42 Å². The fourth-order valence-corrected chi connectivity index (χ4v) is 3.91. The van der Waals surface area contributed by atoms with Crippen LogP contribution in [0.25, 0.3) is 0 Å². The van der Waals surface area contributed by atoms with E-state index < -0.39 is 10.1 Å². The van der Waals surface area contributed by atoms with Crippen molar-refractivity contribution in [2.75, 3.05) is 0 Å². The number of allylic oxidation sites excluding steroid dienone is 1. The summed E-state index contributed by atoms with van der Waals surface area (Å²) in [6.45, 7) is 2.28. The van der Waals surface area contributed by atoms with Crippen molar-refractivity contribution in [2.45, 2.75) is 135 Å². The molecular weight excluding hydrogens is 356 g/mol. The van der Waals surface area contributed by atoms with Crippen molar-refractivity contribution in [3.63, 3.8) is 0 Å². The van der Waals surface area contributed by atoms with Gasteiger partial charge < -0.3 is 0 Å². The zero-order valence-corrected chi connectivity index (χ0v) is 18.8. The minimum atomic E-state index is -3.93. The summed E-state index contributed by atoms with van der Waals surface area (Å²) in [5.74, 6) is 0. The normalized spacial score (nSPS) is 12.2. The predicted octanol–water partition coefficient (Wildman–Crippen LogP) is 8.21. The second-order valence-electron chi connectivity index (χ2n) is 8.04. The maximum atomic E-state index is 10.5. The molecule has 4 heteroatoms. The van der Waals surface area contributed by atoms with E-state index in [-0.39, 0.29) is 0 Å². The van der Waals surface area contributed by atoms with Crippen LogP contribution in [0.2, 0.25) is 0 Å². The molecule has 0 aromatic rings. The Balaban J connectivity index is 3.08. The maximum absolute atomic E-state index is 10.5. The molecule has 0 aliphatic rings. The average molecular weight is 403 g/mol. The van der Waals surface area contributed by atoms with Crippen LogP contribution in [0.15, 0.2) is 11.5 Å². The lowest BCUT2D eigenvalue weighted by atomic mass is 10.0. The Bertz CT molecular complexity index is 415. The molecule has 0 aromatic carbocycles. The quantitative estimate of drug-likeness (QED) is 0.155. The van der Waals surface area contributed by atoms with Gasteiger partial charge in [0.05, 0.1) is 5.41 Å². The van der Waals surface area contributed by atoms with Gasteiger partial charge in [-0.1, -0.05) is 129 Å². The SMILES string of the molecule is CCCCCCCCCCCCCCCCCCCCC/C=C/S(=O)(=O)O. The lowest BCUT2D eigenvalue weighted by Gasteiger charge is -2.03. The van der Waals surface area contributed by atoms with Gasteiger partial charge >= 0.3 is 0 Å². The Kier molecular flexibility index (Phi) is 20.1. The number of rotatable bonds is 21. The molecular formula is C23H46O3S. The Morgan fingerprint density at radius 2 is 0.852 bits per heavy atom. The van der Waals surface area contributed by atoms with Crippen molar-refractivity contribution in [3.8, 4) is 0 Å². The monoisotopic (exact) mass is 402 g/mol. The van der Waals surface area contributed by atoms with Crippen molar-refractivity contribution in [1.29, 1.82) is 0 Å². The lowest BCUT2D eigenvalue weighted by molar-refractivity contribution is 0.494. The zero-order chi connectivity index (χ0) is 20.1. The molecule has 0 heterocycles. The standard InChI is InChI=1S/C23H46O3S/c1-2-3-4-5-6-7-8-9-10-11-12-13-14-15-16-17-18-19-20-21-22-23-27(24,25)26/h22-23H,2-21H2,1H3,(H,24,25,26)/b23-22+. The third kappa shape index (κ3) is 25.7. The zero-order valence-electron chi connectivity index (χ0n) is 18.0. The van der Waals surface area contributed by atoms with E-state index in [2.05, 4.69) is 6.92 Å². The molecule has 0 spiro atoms. The van der Waals surface area contributed by atoms with Gasteiger partial charge in [0.15, 0.2) is 0 Å². The number of unbranched alkanes of at least 4 members (excludes halogenated alkanes) is 19. The van der Waals surface area contributed by atoms with Crippen LogP contribution in [0.4, 0.5) is 0 Å². The van der Waals surface area contributed by atoms with Crippen molar-refractivity contribution in [1.82, 2.24) is 0 Å². The summed E-state index contributed by atoms with van der Waals surface area (Å²) in [5, 5.41) is 0.891. The van der Waals surface area contributed by atoms with E-state index in [0.29, 0.717) is 0 Å². The Labute approximate surface area is 170 Å². The van der Waals surface area contributed by atoms with Crippen LogP contribution in [0, 0.1) is 0 Å². The van der Waals surface area contributed by atoms with Crippen LogP contribution in [0.1, 0.15) is 135 Å². The van der Waals surface area contributed by atoms with E-state index in [4.69, 9.17) is 4.55 Å². The highest BCUT2D eigenvalue weighted by atomic mass is 32.2. The van der Waals surface area contributed by atoms with Gasteiger partial charge in [0, 0.05) is 0 Å². The summed E-state index contributed by atoms with van der Waals surface area (Å²) in [6, 6.07) is 0. The topological polar surface area (TPSA) is 54.4 Å². The molecule has 0 aromatic heterocycles. The van der Waals surface area contributed by atoms with Gasteiger partial charge in [-0.3, -0.25) is 4.55 Å². The van der Waals surface area contributed by atoms with E-state index in [1.54, 1.807) is 6.08 Å². The third-order valence-corrected chi connectivity index (χ3v) is 5.78. The predicted molar refractivity (Wildman–Crippen MR) is 119 cm³/mol. The summed E-state index contributed by atoms with van der Waals surface area (Å²) >= 11 is 0. The average Bonchev–Trinajstić information content (AvgIpc) is 2.62. The van der Waals surface area contributed by atoms with Gasteiger partial charge in [0.2, 0.25) is 0 Å². The molecule has 0 rings (SSSR count). The first kappa shape index (κ1) is 26.6. The van der Waals surface area contributed by atoms with Crippen LogP contribution in [-0.2, 0) is 10.1 Å². The molecule has 0 fully saturated rings. The second-order valence-corrected chi connectivity index (χ2v) is 9.34. The van der Waals surface area contributed by atoms with E-state index in [1.165, 1.54) is 109 Å². The molecule has 0 amide bonds. The molecule has 162 valence electrons. The Hall–Kier alpha value is -0.350. The fourth-order valence-electron chi connectivity index (χ4n) is 3.53. The summed E-state index contributed by atoms with van der Waals surface area (Å²) in [5.41, 5.74) is 0. The molecule has 3 nitrogen and oxygen atoms in total. The molecule has 0 saturated carbocycles. The van der Waals surface area contributed by atoms with Gasteiger partial charge in [0.1, 0.15) is 0 Å². The fraction of sp³-hybridized carbons (Fsp3) is 0.913. The molecule has 1 N–H and O–H groups in total. The number of hydrogen-bond acceptors (Lipinski definition) is 2. The molecule has 0 saturated heterocycles. The van der Waals surface area contributed by atoms with Crippen LogP contribution in [0.3, 0.4) is 0 Å². The highest BCUT2D eigenvalue weighted by Gasteiger charge is 1.96. The maximum Gasteiger partial charge on any atom is 0.287 e. The van der Waals surface area contributed by atoms with Gasteiger partial charge in [-0.2, -0.15) is 8.42 Å². The molecule has 0 aliphatic carbocycles. The lowest BCUT2D eigenvalue weighted by Crippen LogP contribution is -1.89. The first-order valence-corrected chi connectivity index (χ1v) is 13.2. The van der Waals surface area contributed by atoms with Gasteiger partial charge in [-0.05, 0) is 12.8 Å². The highest BCUT2D eigenvalue weighted by molar-refractivity contribution is 7.88. The largest absolute Gasteiger partial charge is 0.287 e. The Morgan fingerprint density at radius 3 is 1.15 bits per heavy atom. The van der Waals surface area contributed by atoms with Crippen molar-refractivity contribution >= 4 is 10.1 Å². The summed E-state index contributed by atoms with van der Waals surface area (Å²) in [6.07, 6.45) is 28.1. The molecule has 0 radical (unpaired) electrons. The van der Waals surface area contributed by atoms with Crippen LogP contribution in [-0.4, -0.2) is 13.0 Å². The first-order chi connectivity index (χ1) is 13.1. The van der Waals surface area contributed by atoms with E-state index in [1.807, 2.05) is 0 Å². The van der Waals surface area contributed by atoms with Gasteiger partial charge in [-0.15, -0.1) is 0 Å². The first-order valence-electron chi connectivity index (χ1n) is 11.7. The molecule has 0 aliphatic heterocycles. The second kappa shape index (κ2) is 20.4. The van der Waals surface area contributed by atoms with Gasteiger partial charge in [0.25, 0.3) is 10.1 Å². The van der Waals surface area contributed by atoms with Crippen LogP contribution in [0.5, 0.6) is 0 Å². The summed E-state index contributed by atoms with van der Waals surface area (Å²) in [7, 11) is -3.93. The Morgan fingerprint density at radius 1 is 0.556 bits per heavy atom. The minimum Gasteiger partial charge on any atom is -0.282 e. The molecule has 0 atom stereocenters. The van der Waals surface area contributed by atoms with Crippen molar-refractivity contribution in [3.05, 3.63) is 11.5 Å². The van der Waals surface area contributed by atoms with E-state index in [0.717, 1.165) is 24.7 Å². The van der Waals surface area contributed by atoms with E-state index >= 15 is 0 Å². The third-order valence-electron chi connectivity index (χ3n) is 5.24. The summed E-state index contributed by atoms with van der Waals surface area (Å²) in [4.78, 5) is 0.